The molecule has 1 aromatic heterocycles. The van der Waals surface area contributed by atoms with Crippen LogP contribution >= 0.6 is 11.3 Å². The second-order valence-corrected chi connectivity index (χ2v) is 18.0. The van der Waals surface area contributed by atoms with Crippen LogP contribution in [0.3, 0.4) is 0 Å². The molecule has 4 heteroatoms. The fraction of sp³-hybridized carbons (Fsp3) is 0.0909. The lowest BCUT2D eigenvalue weighted by molar-refractivity contribution is 0.590. The monoisotopic (exact) mass is 773 g/mol. The molecular weight excluding hydrogens is 731 g/mol. The lowest BCUT2D eigenvalue weighted by atomic mass is 9.57. The Balaban J connectivity index is 1.17. The molecule has 0 saturated heterocycles. The molecule has 2 nitrogen and oxygen atoms in total. The molecule has 0 spiro atoms. The molecule has 0 fully saturated rings. The summed E-state index contributed by atoms with van der Waals surface area (Å²) in [4.78, 5) is 2.54. The summed E-state index contributed by atoms with van der Waals surface area (Å²) in [6.07, 6.45) is 0. The number of hydrogen-bond donors (Lipinski definition) is 1. The Kier molecular flexibility index (Phi) is 8.29. The molecule has 0 atom stereocenters. The van der Waals surface area contributed by atoms with Crippen molar-refractivity contribution in [2.75, 3.05) is 10.2 Å². The molecule has 281 valence electrons. The van der Waals surface area contributed by atoms with Crippen molar-refractivity contribution in [1.82, 2.24) is 0 Å². The van der Waals surface area contributed by atoms with E-state index in [1.165, 1.54) is 103 Å². The first-order valence-corrected chi connectivity index (χ1v) is 21.3. The van der Waals surface area contributed by atoms with E-state index in [9.17, 15) is 0 Å². The van der Waals surface area contributed by atoms with Crippen molar-refractivity contribution in [3.05, 3.63) is 187 Å². The summed E-state index contributed by atoms with van der Waals surface area (Å²) in [5, 5.41) is 11.4. The minimum Gasteiger partial charge on any atom is -0.355 e. The summed E-state index contributed by atoms with van der Waals surface area (Å²) in [5.41, 5.74) is 15.6. The third kappa shape index (κ3) is 6.10. The van der Waals surface area contributed by atoms with E-state index in [1.807, 2.05) is 11.3 Å². The maximum atomic E-state index is 3.92. The number of hydrogen-bond acceptors (Lipinski definition) is 3. The number of nitrogens with one attached hydrogen (secondary N) is 1. The first-order chi connectivity index (χ1) is 28.8. The summed E-state index contributed by atoms with van der Waals surface area (Å²) in [6, 6.07) is 64.9. The number of benzene rings is 9. The Bertz CT molecular complexity index is 3270. The second-order valence-electron chi connectivity index (χ2n) is 17.0. The maximum absolute atomic E-state index is 3.92. The number of fused-ring (bicyclic) bond motifs is 7. The standard InChI is InChI=1S/C55H42BN2S/c1-34-28-40(55(2,3)4)24-27-48(34)58-49-33-52-44(43-20-12-13-21-51(43)59-52)32-46(49)56-54-50(58)31-39-18-10-11-19-42(39)53(54)45-29-37-16-8-9-17-38(37)30-47(45)57-41-25-22-36(23-26-41)35-14-6-5-7-15-35/h5-33,57H,1-4H3. The fourth-order valence-electron chi connectivity index (χ4n) is 9.06. The van der Waals surface area contributed by atoms with Crippen molar-refractivity contribution < 1.29 is 0 Å². The highest BCUT2D eigenvalue weighted by molar-refractivity contribution is 7.25. The Hall–Kier alpha value is -6.62. The largest absolute Gasteiger partial charge is 0.355 e. The molecular formula is C55H42BN2S. The predicted molar refractivity (Wildman–Crippen MR) is 258 cm³/mol. The van der Waals surface area contributed by atoms with Gasteiger partial charge in [-0.15, -0.1) is 11.3 Å². The zero-order valence-corrected chi connectivity index (χ0v) is 34.5. The normalized spacial score (nSPS) is 12.5. The number of aryl methyl sites for hydroxylation is 1. The van der Waals surface area contributed by atoms with Crippen LogP contribution in [0.15, 0.2) is 176 Å². The quantitative estimate of drug-likeness (QED) is 0.175. The predicted octanol–water partition coefficient (Wildman–Crippen LogP) is 14.5. The molecule has 9 aromatic carbocycles. The minimum atomic E-state index is 0.0444. The molecule has 10 aromatic rings. The average Bonchev–Trinajstić information content (AvgIpc) is 3.62. The first kappa shape index (κ1) is 35.5. The lowest BCUT2D eigenvalue weighted by Crippen LogP contribution is -2.41. The Labute approximate surface area is 350 Å². The first-order valence-electron chi connectivity index (χ1n) is 20.5. The van der Waals surface area contributed by atoms with Crippen molar-refractivity contribution in [3.8, 4) is 22.3 Å². The van der Waals surface area contributed by atoms with Crippen LogP contribution in [0, 0.1) is 6.92 Å². The van der Waals surface area contributed by atoms with E-state index in [2.05, 4.69) is 221 Å². The highest BCUT2D eigenvalue weighted by Crippen LogP contribution is 2.46. The van der Waals surface area contributed by atoms with Gasteiger partial charge in [-0.25, -0.2) is 0 Å². The van der Waals surface area contributed by atoms with Crippen molar-refractivity contribution >= 4 is 99.7 Å². The van der Waals surface area contributed by atoms with Gasteiger partial charge in [-0.1, -0.05) is 154 Å². The highest BCUT2D eigenvalue weighted by atomic mass is 32.1. The van der Waals surface area contributed by atoms with Gasteiger partial charge in [0.05, 0.1) is 0 Å². The molecule has 1 N–H and O–H groups in total. The molecule has 59 heavy (non-hydrogen) atoms. The van der Waals surface area contributed by atoms with Crippen molar-refractivity contribution in [1.29, 1.82) is 0 Å². The minimum absolute atomic E-state index is 0.0444. The van der Waals surface area contributed by atoms with Gasteiger partial charge in [0.15, 0.2) is 7.28 Å². The molecule has 0 aliphatic carbocycles. The molecule has 11 rings (SSSR count). The zero-order valence-electron chi connectivity index (χ0n) is 33.7. The molecule has 1 aliphatic rings. The van der Waals surface area contributed by atoms with Crippen LogP contribution in [0.4, 0.5) is 28.4 Å². The summed E-state index contributed by atoms with van der Waals surface area (Å²) < 4.78 is 2.62. The third-order valence-electron chi connectivity index (χ3n) is 12.1. The van der Waals surface area contributed by atoms with Gasteiger partial charge in [-0.3, -0.25) is 0 Å². The Morgan fingerprint density at radius 2 is 1.20 bits per heavy atom. The van der Waals surface area contributed by atoms with Gasteiger partial charge < -0.3 is 10.2 Å². The van der Waals surface area contributed by atoms with E-state index in [4.69, 9.17) is 0 Å². The molecule has 0 saturated carbocycles. The van der Waals surface area contributed by atoms with Crippen LogP contribution in [-0.4, -0.2) is 7.28 Å². The SMILES string of the molecule is Cc1cc(C(C)(C)C)ccc1N1c2cc3sc4ccccc4c3cc2[B]c2c1cc1ccccc1c2-c1cc2ccccc2cc1Nc1ccc(-c2ccccc2)cc1. The second kappa shape index (κ2) is 13.8. The Morgan fingerprint density at radius 1 is 0.525 bits per heavy atom. The molecule has 0 unspecified atom stereocenters. The summed E-state index contributed by atoms with van der Waals surface area (Å²) in [5.74, 6) is 0. The summed E-state index contributed by atoms with van der Waals surface area (Å²) in [7, 11) is 2.46. The van der Waals surface area contributed by atoms with Gasteiger partial charge in [0, 0.05) is 48.8 Å². The number of nitrogens with zero attached hydrogens (tertiary/aromatic N) is 1. The number of thiophene rings is 1. The van der Waals surface area contributed by atoms with Crippen molar-refractivity contribution in [2.45, 2.75) is 33.1 Å². The number of anilines is 5. The van der Waals surface area contributed by atoms with Crippen molar-refractivity contribution in [3.63, 3.8) is 0 Å². The molecule has 0 bridgehead atoms. The maximum Gasteiger partial charge on any atom is 0.197 e. The summed E-state index contributed by atoms with van der Waals surface area (Å²) >= 11 is 1.88. The van der Waals surface area contributed by atoms with Gasteiger partial charge in [-0.05, 0) is 121 Å². The summed E-state index contributed by atoms with van der Waals surface area (Å²) in [6.45, 7) is 9.17. The van der Waals surface area contributed by atoms with Crippen LogP contribution in [0.5, 0.6) is 0 Å². The van der Waals surface area contributed by atoms with Gasteiger partial charge in [0.25, 0.3) is 0 Å². The van der Waals surface area contributed by atoms with Crippen molar-refractivity contribution in [2.24, 2.45) is 0 Å². The molecule has 1 aliphatic heterocycles. The molecule has 0 amide bonds. The highest BCUT2D eigenvalue weighted by Gasteiger charge is 2.31. The van der Waals surface area contributed by atoms with Gasteiger partial charge in [-0.2, -0.15) is 0 Å². The van der Waals surface area contributed by atoms with Gasteiger partial charge >= 0.3 is 0 Å². The van der Waals surface area contributed by atoms with E-state index >= 15 is 0 Å². The molecule has 1 radical (unpaired) electrons. The van der Waals surface area contributed by atoms with E-state index in [0.29, 0.717) is 0 Å². The van der Waals surface area contributed by atoms with E-state index in [0.717, 1.165) is 11.4 Å². The third-order valence-corrected chi connectivity index (χ3v) is 13.2. The average molecular weight is 774 g/mol. The number of rotatable bonds is 5. The van der Waals surface area contributed by atoms with Crippen LogP contribution in [0.25, 0.3) is 64.0 Å². The topological polar surface area (TPSA) is 15.3 Å². The van der Waals surface area contributed by atoms with Gasteiger partial charge in [0.1, 0.15) is 0 Å². The van der Waals surface area contributed by atoms with Crippen LogP contribution in [-0.2, 0) is 5.41 Å². The van der Waals surface area contributed by atoms with E-state index in [1.54, 1.807) is 0 Å². The van der Waals surface area contributed by atoms with Crippen LogP contribution in [0.1, 0.15) is 31.9 Å². The van der Waals surface area contributed by atoms with E-state index in [-0.39, 0.29) is 5.41 Å². The zero-order chi connectivity index (χ0) is 39.8. The molecule has 2 heterocycles. The Morgan fingerprint density at radius 3 is 1.97 bits per heavy atom. The van der Waals surface area contributed by atoms with Crippen LogP contribution in [0.2, 0.25) is 0 Å². The smallest absolute Gasteiger partial charge is 0.197 e. The lowest BCUT2D eigenvalue weighted by Gasteiger charge is -2.37. The van der Waals surface area contributed by atoms with Gasteiger partial charge in [0.2, 0.25) is 0 Å². The van der Waals surface area contributed by atoms with E-state index < -0.39 is 0 Å². The van der Waals surface area contributed by atoms with Crippen LogP contribution < -0.4 is 21.1 Å². The fourth-order valence-corrected chi connectivity index (χ4v) is 10.2.